The molecule has 0 N–H and O–H groups in total. The fraction of sp³-hybridized carbons (Fsp3) is 0.857. The molecule has 0 amide bonds. The van der Waals surface area contributed by atoms with E-state index in [0.717, 1.165) is 6.42 Å². The molecule has 0 aromatic heterocycles. The Morgan fingerprint density at radius 2 is 2.00 bits per heavy atom. The summed E-state index contributed by atoms with van der Waals surface area (Å²) in [6.45, 7) is 6.31. The normalized spacial score (nSPS) is 12.1. The molecule has 0 bridgehead atoms. The zero-order valence-corrected chi connectivity index (χ0v) is 12.5. The van der Waals surface area contributed by atoms with Crippen LogP contribution in [0.25, 0.3) is 0 Å². The van der Waals surface area contributed by atoms with Gasteiger partial charge in [0.25, 0.3) is 0 Å². The third kappa shape index (κ3) is 11.9. The van der Waals surface area contributed by atoms with Gasteiger partial charge in [0.1, 0.15) is 0 Å². The molecule has 0 aromatic rings. The zero-order valence-electron chi connectivity index (χ0n) is 8.63. The van der Waals surface area contributed by atoms with E-state index in [1.54, 1.807) is 0 Å². The van der Waals surface area contributed by atoms with Gasteiger partial charge in [0.05, 0.1) is 6.10 Å². The quantitative estimate of drug-likeness (QED) is 0.398. The van der Waals surface area contributed by atoms with Gasteiger partial charge in [-0.2, -0.15) is 0 Å². The molecule has 0 rings (SSSR count). The SMILES string of the molecule is CC(C)CC(C)OC(=S)S.[H-].[K+]. The fourth-order valence-corrected chi connectivity index (χ4v) is 1.23. The van der Waals surface area contributed by atoms with Crippen LogP contribution in [0.3, 0.4) is 0 Å². The summed E-state index contributed by atoms with van der Waals surface area (Å²) in [5.74, 6) is 0.651. The van der Waals surface area contributed by atoms with Crippen molar-refractivity contribution < 1.29 is 57.5 Å². The summed E-state index contributed by atoms with van der Waals surface area (Å²) >= 11 is 8.54. The predicted octanol–water partition coefficient (Wildman–Crippen LogP) is -0.231. The smallest absolute Gasteiger partial charge is 1.00 e. The number of ether oxygens (including phenoxy) is 1. The van der Waals surface area contributed by atoms with E-state index in [0.29, 0.717) is 10.3 Å². The van der Waals surface area contributed by atoms with Crippen LogP contribution in [0.15, 0.2) is 0 Å². The van der Waals surface area contributed by atoms with Crippen LogP contribution in [0, 0.1) is 5.92 Å². The van der Waals surface area contributed by atoms with Crippen molar-refractivity contribution >= 4 is 29.2 Å². The van der Waals surface area contributed by atoms with E-state index in [1.807, 2.05) is 6.92 Å². The van der Waals surface area contributed by atoms with Crippen molar-refractivity contribution in [2.24, 2.45) is 5.92 Å². The molecule has 1 nitrogen and oxygen atoms in total. The summed E-state index contributed by atoms with van der Waals surface area (Å²) < 4.78 is 5.50. The second-order valence-electron chi connectivity index (χ2n) is 2.82. The standard InChI is InChI=1S/C7H14OS2.K.H/c1-5(2)4-6(3)8-7(9)10;;/h5-6H,4H2,1-3H3,(H,9,10);;/q;+1;-1. The molecule has 11 heavy (non-hydrogen) atoms. The van der Waals surface area contributed by atoms with Crippen LogP contribution < -0.4 is 51.4 Å². The Morgan fingerprint density at radius 3 is 2.27 bits per heavy atom. The Bertz CT molecular complexity index is 122. The second kappa shape index (κ2) is 8.47. The Morgan fingerprint density at radius 1 is 1.55 bits per heavy atom. The summed E-state index contributed by atoms with van der Waals surface area (Å²) in [5, 5.41) is 0. The molecule has 1 atom stereocenters. The molecule has 1 unspecified atom stereocenters. The summed E-state index contributed by atoms with van der Waals surface area (Å²) in [4.78, 5) is 0. The number of hydrogen-bond acceptors (Lipinski definition) is 2. The van der Waals surface area contributed by atoms with Gasteiger partial charge < -0.3 is 6.16 Å². The van der Waals surface area contributed by atoms with E-state index in [4.69, 9.17) is 4.74 Å². The minimum absolute atomic E-state index is 0. The van der Waals surface area contributed by atoms with Gasteiger partial charge >= 0.3 is 51.4 Å². The molecule has 0 aliphatic heterocycles. The van der Waals surface area contributed by atoms with E-state index in [-0.39, 0.29) is 58.9 Å². The predicted molar refractivity (Wildman–Crippen MR) is 52.7 cm³/mol. The third-order valence-corrected chi connectivity index (χ3v) is 1.31. The molecule has 0 radical (unpaired) electrons. The Kier molecular flexibility index (Phi) is 11.8. The maximum atomic E-state index is 5.16. The Balaban J connectivity index is -0.000000405. The van der Waals surface area contributed by atoms with Crippen LogP contribution in [0.1, 0.15) is 28.6 Å². The summed E-state index contributed by atoms with van der Waals surface area (Å²) in [7, 11) is 0. The largest absolute Gasteiger partial charge is 1.00 e. The number of thiol groups is 1. The van der Waals surface area contributed by atoms with Crippen LogP contribution in [0.4, 0.5) is 0 Å². The summed E-state index contributed by atoms with van der Waals surface area (Å²) in [5.41, 5.74) is 0. The molecule has 0 heterocycles. The molecule has 62 valence electrons. The van der Waals surface area contributed by atoms with Gasteiger partial charge in [-0.1, -0.05) is 26.5 Å². The zero-order chi connectivity index (χ0) is 8.15. The van der Waals surface area contributed by atoms with Gasteiger partial charge in [-0.25, -0.2) is 0 Å². The maximum absolute atomic E-state index is 5.16. The van der Waals surface area contributed by atoms with Crippen molar-refractivity contribution in [3.63, 3.8) is 0 Å². The van der Waals surface area contributed by atoms with Crippen LogP contribution in [0.2, 0.25) is 0 Å². The number of hydrogen-bond donors (Lipinski definition) is 1. The van der Waals surface area contributed by atoms with Crippen LogP contribution in [-0.4, -0.2) is 10.5 Å². The number of thiocarbonyl (C=S) groups is 1. The Hall–Kier alpha value is 1.88. The summed E-state index contributed by atoms with van der Waals surface area (Å²) in [6.07, 6.45) is 1.23. The average molecular weight is 218 g/mol. The maximum Gasteiger partial charge on any atom is 1.00 e. The minimum atomic E-state index is 0. The third-order valence-electron chi connectivity index (χ3n) is 1.11. The number of rotatable bonds is 3. The molecule has 0 spiro atoms. The van der Waals surface area contributed by atoms with Gasteiger partial charge in [-0.3, -0.25) is 0 Å². The molecule has 0 aromatic carbocycles. The van der Waals surface area contributed by atoms with E-state index in [1.165, 1.54) is 0 Å². The van der Waals surface area contributed by atoms with Crippen molar-refractivity contribution in [2.45, 2.75) is 33.3 Å². The minimum Gasteiger partial charge on any atom is -1.00 e. The van der Waals surface area contributed by atoms with E-state index < -0.39 is 0 Å². The molecule has 0 saturated carbocycles. The molecule has 0 aliphatic rings. The van der Waals surface area contributed by atoms with Gasteiger partial charge in [0, 0.05) is 0 Å². The Labute approximate surface area is 124 Å². The van der Waals surface area contributed by atoms with Crippen molar-refractivity contribution in [1.29, 1.82) is 0 Å². The van der Waals surface area contributed by atoms with Crippen LogP contribution >= 0.6 is 24.8 Å². The first-order valence-electron chi connectivity index (χ1n) is 3.42. The second-order valence-corrected chi connectivity index (χ2v) is 3.90. The van der Waals surface area contributed by atoms with Crippen LogP contribution in [-0.2, 0) is 4.74 Å². The van der Waals surface area contributed by atoms with Gasteiger partial charge in [-0.15, -0.1) is 0 Å². The van der Waals surface area contributed by atoms with Crippen molar-refractivity contribution in [3.8, 4) is 0 Å². The fourth-order valence-electron chi connectivity index (χ4n) is 0.884. The van der Waals surface area contributed by atoms with E-state index in [2.05, 4.69) is 38.7 Å². The first kappa shape index (κ1) is 15.4. The van der Waals surface area contributed by atoms with Crippen LogP contribution in [0.5, 0.6) is 0 Å². The summed E-state index contributed by atoms with van der Waals surface area (Å²) in [6, 6.07) is 0. The van der Waals surface area contributed by atoms with Crippen molar-refractivity contribution in [1.82, 2.24) is 0 Å². The van der Waals surface area contributed by atoms with Gasteiger partial charge in [-0.05, 0) is 31.5 Å². The first-order chi connectivity index (χ1) is 4.52. The average Bonchev–Trinajstić information content (AvgIpc) is 1.58. The molecule has 0 aliphatic carbocycles. The van der Waals surface area contributed by atoms with Gasteiger partial charge in [0.2, 0.25) is 4.38 Å². The topological polar surface area (TPSA) is 9.23 Å². The molecular formula is C7H15KOS2. The monoisotopic (exact) mass is 218 g/mol. The molecule has 0 saturated heterocycles. The van der Waals surface area contributed by atoms with E-state index >= 15 is 0 Å². The van der Waals surface area contributed by atoms with Crippen molar-refractivity contribution in [2.75, 3.05) is 0 Å². The van der Waals surface area contributed by atoms with Crippen molar-refractivity contribution in [3.05, 3.63) is 0 Å². The first-order valence-corrected chi connectivity index (χ1v) is 4.27. The molecule has 0 fully saturated rings. The molecule has 4 heteroatoms. The molecular weight excluding hydrogens is 203 g/mol. The van der Waals surface area contributed by atoms with E-state index in [9.17, 15) is 0 Å². The van der Waals surface area contributed by atoms with Gasteiger partial charge in [0.15, 0.2) is 0 Å².